The molecule has 0 amide bonds. The molecule has 0 fully saturated rings. The molecule has 0 aliphatic rings. The Hall–Kier alpha value is -3.28. The maximum Gasteiger partial charge on any atom is 0.256 e. The number of carbonyl (C=O) groups is 1. The number of aryl methyl sites for hydroxylation is 1. The largest absolute Gasteiger partial charge is 0.493 e. The Morgan fingerprint density at radius 2 is 1.69 bits per heavy atom. The van der Waals surface area contributed by atoms with E-state index in [0.29, 0.717) is 23.1 Å². The summed E-state index contributed by atoms with van der Waals surface area (Å²) in [6, 6.07) is 11.1. The Morgan fingerprint density at radius 3 is 2.31 bits per heavy atom. The normalized spacial score (nSPS) is 11.1. The van der Waals surface area contributed by atoms with Crippen LogP contribution in [0.3, 0.4) is 0 Å². The highest BCUT2D eigenvalue weighted by Crippen LogP contribution is 2.38. The van der Waals surface area contributed by atoms with Gasteiger partial charge in [0, 0.05) is 6.08 Å². The second kappa shape index (κ2) is 7.31. The van der Waals surface area contributed by atoms with Crippen LogP contribution in [0, 0.1) is 6.92 Å². The zero-order valence-corrected chi connectivity index (χ0v) is 15.1. The molecule has 0 atom stereocenters. The molecule has 0 radical (unpaired) electrons. The third kappa shape index (κ3) is 3.13. The molecular formula is C20H20N2O4. The lowest BCUT2D eigenvalue weighted by atomic mass is 10.1. The molecule has 134 valence electrons. The lowest BCUT2D eigenvalue weighted by Gasteiger charge is -2.12. The van der Waals surface area contributed by atoms with Crippen LogP contribution in [0.25, 0.3) is 17.1 Å². The van der Waals surface area contributed by atoms with E-state index in [-0.39, 0.29) is 5.91 Å². The molecule has 0 bridgehead atoms. The third-order valence-corrected chi connectivity index (χ3v) is 4.05. The van der Waals surface area contributed by atoms with Gasteiger partial charge < -0.3 is 14.2 Å². The van der Waals surface area contributed by atoms with Crippen molar-refractivity contribution in [3.05, 3.63) is 53.9 Å². The molecule has 1 aromatic heterocycles. The van der Waals surface area contributed by atoms with E-state index in [4.69, 9.17) is 14.2 Å². The highest BCUT2D eigenvalue weighted by atomic mass is 16.5. The molecule has 0 unspecified atom stereocenters. The topological polar surface area (TPSA) is 62.6 Å². The fourth-order valence-corrected chi connectivity index (χ4v) is 2.86. The van der Waals surface area contributed by atoms with Gasteiger partial charge in [-0.1, -0.05) is 12.1 Å². The maximum absolute atomic E-state index is 12.7. The van der Waals surface area contributed by atoms with Crippen molar-refractivity contribution in [3.8, 4) is 17.2 Å². The fraction of sp³-hybridized carbons (Fsp3) is 0.200. The Balaban J connectivity index is 1.96. The van der Waals surface area contributed by atoms with Crippen molar-refractivity contribution >= 4 is 23.0 Å². The number of fused-ring (bicyclic) bond motifs is 1. The Bertz CT molecular complexity index is 964. The zero-order valence-electron chi connectivity index (χ0n) is 15.1. The second-order valence-corrected chi connectivity index (χ2v) is 5.61. The number of ether oxygens (including phenoxy) is 3. The number of methoxy groups -OCH3 is 3. The first-order chi connectivity index (χ1) is 12.6. The summed E-state index contributed by atoms with van der Waals surface area (Å²) in [7, 11) is 4.65. The highest BCUT2D eigenvalue weighted by Gasteiger charge is 2.14. The predicted octanol–water partition coefficient (Wildman–Crippen LogP) is 3.72. The molecule has 0 spiro atoms. The number of rotatable bonds is 5. The summed E-state index contributed by atoms with van der Waals surface area (Å²) in [5, 5.41) is 0. The van der Waals surface area contributed by atoms with E-state index < -0.39 is 0 Å². The third-order valence-electron chi connectivity index (χ3n) is 4.05. The Morgan fingerprint density at radius 1 is 1.04 bits per heavy atom. The van der Waals surface area contributed by atoms with Crippen molar-refractivity contribution in [2.45, 2.75) is 6.92 Å². The summed E-state index contributed by atoms with van der Waals surface area (Å²) >= 11 is 0. The van der Waals surface area contributed by atoms with Crippen LogP contribution >= 0.6 is 0 Å². The summed E-state index contributed by atoms with van der Waals surface area (Å²) < 4.78 is 17.6. The van der Waals surface area contributed by atoms with Crippen molar-refractivity contribution in [2.75, 3.05) is 21.3 Å². The number of benzene rings is 2. The fourth-order valence-electron chi connectivity index (χ4n) is 2.86. The summed E-state index contributed by atoms with van der Waals surface area (Å²) in [6.07, 6.45) is 3.21. The zero-order chi connectivity index (χ0) is 18.7. The van der Waals surface area contributed by atoms with Crippen LogP contribution in [-0.4, -0.2) is 36.8 Å². The van der Waals surface area contributed by atoms with Crippen molar-refractivity contribution in [2.24, 2.45) is 0 Å². The summed E-state index contributed by atoms with van der Waals surface area (Å²) in [4.78, 5) is 17.1. The van der Waals surface area contributed by atoms with Crippen molar-refractivity contribution in [1.29, 1.82) is 0 Å². The van der Waals surface area contributed by atoms with Gasteiger partial charge in [-0.25, -0.2) is 4.98 Å². The molecule has 2 aromatic carbocycles. The number of hydrogen-bond donors (Lipinski definition) is 0. The smallest absolute Gasteiger partial charge is 0.256 e. The van der Waals surface area contributed by atoms with Gasteiger partial charge in [-0.15, -0.1) is 0 Å². The van der Waals surface area contributed by atoms with Crippen LogP contribution < -0.4 is 14.2 Å². The number of aromatic nitrogens is 2. The SMILES string of the molecule is COc1cc(/C=C/C(=O)n2c(C)nc3ccccc32)cc(OC)c1OC. The van der Waals surface area contributed by atoms with E-state index in [9.17, 15) is 4.79 Å². The molecule has 0 saturated heterocycles. The van der Waals surface area contributed by atoms with Crippen LogP contribution in [0.4, 0.5) is 0 Å². The first-order valence-corrected chi connectivity index (χ1v) is 8.05. The summed E-state index contributed by atoms with van der Waals surface area (Å²) in [6.45, 7) is 1.81. The summed E-state index contributed by atoms with van der Waals surface area (Å²) in [5.41, 5.74) is 2.33. The second-order valence-electron chi connectivity index (χ2n) is 5.61. The van der Waals surface area contributed by atoms with E-state index in [1.165, 1.54) is 6.08 Å². The van der Waals surface area contributed by atoms with E-state index in [2.05, 4.69) is 4.98 Å². The van der Waals surface area contributed by atoms with Crippen molar-refractivity contribution in [1.82, 2.24) is 9.55 Å². The predicted molar refractivity (Wildman–Crippen MR) is 100 cm³/mol. The molecule has 0 aliphatic heterocycles. The average Bonchev–Trinajstić information content (AvgIpc) is 3.00. The quantitative estimate of drug-likeness (QED) is 0.655. The number of allylic oxidation sites excluding steroid dienone is 1. The lowest BCUT2D eigenvalue weighted by Crippen LogP contribution is -2.08. The van der Waals surface area contributed by atoms with Crippen LogP contribution in [0.2, 0.25) is 0 Å². The van der Waals surface area contributed by atoms with Crippen LogP contribution in [0.15, 0.2) is 42.5 Å². The molecular weight excluding hydrogens is 332 g/mol. The minimum atomic E-state index is -0.176. The lowest BCUT2D eigenvalue weighted by molar-refractivity contribution is 0.0972. The van der Waals surface area contributed by atoms with Gasteiger partial charge in [-0.3, -0.25) is 9.36 Å². The molecule has 1 heterocycles. The number of carbonyl (C=O) groups excluding carboxylic acids is 1. The van der Waals surface area contributed by atoms with E-state index in [1.54, 1.807) is 44.1 Å². The van der Waals surface area contributed by atoms with E-state index >= 15 is 0 Å². The van der Waals surface area contributed by atoms with E-state index in [0.717, 1.165) is 16.6 Å². The van der Waals surface area contributed by atoms with Gasteiger partial charge in [0.2, 0.25) is 5.75 Å². The van der Waals surface area contributed by atoms with Gasteiger partial charge in [0.15, 0.2) is 11.5 Å². The standard InChI is InChI=1S/C20H20N2O4/c1-13-21-15-7-5-6-8-16(15)22(13)19(23)10-9-14-11-17(24-2)20(26-4)18(12-14)25-3/h5-12H,1-4H3/b10-9+. The van der Waals surface area contributed by atoms with Crippen LogP contribution in [0.5, 0.6) is 17.2 Å². The van der Waals surface area contributed by atoms with Gasteiger partial charge in [0.1, 0.15) is 5.82 Å². The summed E-state index contributed by atoms with van der Waals surface area (Å²) in [5.74, 6) is 2.04. The molecule has 6 nitrogen and oxygen atoms in total. The van der Waals surface area contributed by atoms with Gasteiger partial charge >= 0.3 is 0 Å². The van der Waals surface area contributed by atoms with Crippen molar-refractivity contribution < 1.29 is 19.0 Å². The number of imidazole rings is 1. The maximum atomic E-state index is 12.7. The molecule has 0 aliphatic carbocycles. The molecule has 26 heavy (non-hydrogen) atoms. The number of hydrogen-bond acceptors (Lipinski definition) is 5. The first kappa shape index (κ1) is 17.5. The van der Waals surface area contributed by atoms with Crippen molar-refractivity contribution in [3.63, 3.8) is 0 Å². The Kier molecular flexibility index (Phi) is 4.93. The van der Waals surface area contributed by atoms with Gasteiger partial charge in [0.25, 0.3) is 5.91 Å². The minimum absolute atomic E-state index is 0.176. The molecule has 0 saturated carbocycles. The van der Waals surface area contributed by atoms with E-state index in [1.807, 2.05) is 31.2 Å². The molecule has 0 N–H and O–H groups in total. The molecule has 3 aromatic rings. The molecule has 6 heteroatoms. The number of para-hydroxylation sites is 2. The van der Waals surface area contributed by atoms with Crippen LogP contribution in [0.1, 0.15) is 16.2 Å². The van der Waals surface area contributed by atoms with Crippen LogP contribution in [-0.2, 0) is 0 Å². The Labute approximate surface area is 151 Å². The molecule has 3 rings (SSSR count). The van der Waals surface area contributed by atoms with Gasteiger partial charge in [-0.2, -0.15) is 0 Å². The van der Waals surface area contributed by atoms with Gasteiger partial charge in [0.05, 0.1) is 32.4 Å². The first-order valence-electron chi connectivity index (χ1n) is 8.05. The monoisotopic (exact) mass is 352 g/mol. The number of nitrogens with zero attached hydrogens (tertiary/aromatic N) is 2. The van der Waals surface area contributed by atoms with Gasteiger partial charge in [-0.05, 0) is 42.8 Å². The highest BCUT2D eigenvalue weighted by molar-refractivity contribution is 5.99. The average molecular weight is 352 g/mol. The minimum Gasteiger partial charge on any atom is -0.493 e.